The van der Waals surface area contributed by atoms with Crippen molar-refractivity contribution in [3.63, 3.8) is 0 Å². The maximum absolute atomic E-state index is 13.3. The van der Waals surface area contributed by atoms with Crippen LogP contribution in [-0.2, 0) is 16.1 Å². The number of carbonyl (C=O) groups excluding carboxylic acids is 3. The zero-order valence-corrected chi connectivity index (χ0v) is 16.5. The average molecular weight is 401 g/mol. The monoisotopic (exact) mass is 401 g/mol. The van der Waals surface area contributed by atoms with E-state index >= 15 is 0 Å². The maximum Gasteiger partial charge on any atom is 0.338 e. The van der Waals surface area contributed by atoms with Crippen LogP contribution in [-0.4, -0.2) is 30.6 Å². The molecule has 2 aromatic carbocycles. The summed E-state index contributed by atoms with van der Waals surface area (Å²) in [5.74, 6) is -1.70. The van der Waals surface area contributed by atoms with Crippen LogP contribution in [0.1, 0.15) is 35.3 Å². The lowest BCUT2D eigenvalue weighted by Gasteiger charge is -2.11. The number of benzene rings is 2. The van der Waals surface area contributed by atoms with Crippen molar-refractivity contribution in [2.75, 3.05) is 11.9 Å². The molecule has 3 amide bonds. The molecule has 0 unspecified atom stereocenters. The molecule has 0 saturated carbocycles. The molecule has 7 nitrogen and oxygen atoms in total. The first kappa shape index (κ1) is 21.9. The first-order valence-corrected chi connectivity index (χ1v) is 9.11. The van der Waals surface area contributed by atoms with Crippen molar-refractivity contribution in [3.8, 4) is 0 Å². The summed E-state index contributed by atoms with van der Waals surface area (Å²) >= 11 is 0. The zero-order chi connectivity index (χ0) is 21.4. The summed E-state index contributed by atoms with van der Waals surface area (Å²) in [5, 5.41) is 7.92. The number of urea groups is 1. The Hall–Kier alpha value is -3.42. The summed E-state index contributed by atoms with van der Waals surface area (Å²) in [7, 11) is 0. The van der Waals surface area contributed by atoms with Gasteiger partial charge in [0.1, 0.15) is 5.82 Å². The van der Waals surface area contributed by atoms with Crippen LogP contribution in [0.3, 0.4) is 0 Å². The second kappa shape index (κ2) is 10.2. The van der Waals surface area contributed by atoms with Crippen LogP contribution in [0.15, 0.2) is 42.5 Å². The molecule has 0 radical (unpaired) electrons. The van der Waals surface area contributed by atoms with Crippen LogP contribution in [0.4, 0.5) is 14.9 Å². The van der Waals surface area contributed by atoms with Crippen LogP contribution < -0.4 is 16.0 Å². The van der Waals surface area contributed by atoms with E-state index in [0.717, 1.165) is 5.56 Å². The topological polar surface area (TPSA) is 96.5 Å². The molecule has 0 fully saturated rings. The highest BCUT2D eigenvalue weighted by Gasteiger charge is 2.12. The van der Waals surface area contributed by atoms with Crippen molar-refractivity contribution in [3.05, 3.63) is 65.0 Å². The van der Waals surface area contributed by atoms with Gasteiger partial charge in [-0.25, -0.2) is 14.0 Å². The summed E-state index contributed by atoms with van der Waals surface area (Å²) in [5.41, 5.74) is 2.09. The fraction of sp³-hybridized carbons (Fsp3) is 0.286. The Morgan fingerprint density at radius 2 is 1.76 bits per heavy atom. The molecule has 0 aliphatic carbocycles. The highest BCUT2D eigenvalue weighted by molar-refractivity contribution is 5.95. The lowest BCUT2D eigenvalue weighted by molar-refractivity contribution is -0.119. The molecule has 0 heterocycles. The Morgan fingerprint density at radius 3 is 2.41 bits per heavy atom. The van der Waals surface area contributed by atoms with Gasteiger partial charge in [0.05, 0.1) is 5.56 Å². The molecular weight excluding hydrogens is 377 g/mol. The molecule has 0 aliphatic heterocycles. The third kappa shape index (κ3) is 7.25. The molecular formula is C21H24FN3O4. The number of ether oxygens (including phenoxy) is 1. The highest BCUT2D eigenvalue weighted by atomic mass is 19.1. The summed E-state index contributed by atoms with van der Waals surface area (Å²) in [4.78, 5) is 35.6. The van der Waals surface area contributed by atoms with Gasteiger partial charge < -0.3 is 20.7 Å². The maximum atomic E-state index is 13.3. The number of anilines is 1. The van der Waals surface area contributed by atoms with Crippen molar-refractivity contribution in [1.29, 1.82) is 0 Å². The Labute approximate surface area is 168 Å². The Balaban J connectivity index is 1.82. The molecule has 0 atom stereocenters. The van der Waals surface area contributed by atoms with E-state index in [1.807, 2.05) is 13.8 Å². The minimum Gasteiger partial charge on any atom is -0.452 e. The minimum atomic E-state index is -0.659. The van der Waals surface area contributed by atoms with Gasteiger partial charge in [-0.2, -0.15) is 0 Å². The Morgan fingerprint density at radius 1 is 1.07 bits per heavy atom. The predicted octanol–water partition coefficient (Wildman–Crippen LogP) is 3.14. The second-order valence-electron chi connectivity index (χ2n) is 6.76. The van der Waals surface area contributed by atoms with E-state index in [0.29, 0.717) is 17.8 Å². The molecule has 0 saturated heterocycles. The van der Waals surface area contributed by atoms with Gasteiger partial charge >= 0.3 is 12.0 Å². The van der Waals surface area contributed by atoms with Crippen LogP contribution >= 0.6 is 0 Å². The van der Waals surface area contributed by atoms with Crippen molar-refractivity contribution >= 4 is 23.6 Å². The van der Waals surface area contributed by atoms with Crippen LogP contribution in [0.5, 0.6) is 0 Å². The summed E-state index contributed by atoms with van der Waals surface area (Å²) in [6.07, 6.45) is 0. The molecule has 0 aliphatic rings. The number of carbonyl (C=O) groups is 3. The normalized spacial score (nSPS) is 10.4. The molecule has 0 spiro atoms. The van der Waals surface area contributed by atoms with Crippen LogP contribution in [0.2, 0.25) is 0 Å². The van der Waals surface area contributed by atoms with Gasteiger partial charge in [0, 0.05) is 18.3 Å². The lowest BCUT2D eigenvalue weighted by Crippen LogP contribution is -2.39. The number of halogens is 1. The number of aryl methyl sites for hydroxylation is 1. The molecule has 8 heteroatoms. The minimum absolute atomic E-state index is 0.0363. The number of rotatable bonds is 7. The fourth-order valence-electron chi connectivity index (χ4n) is 2.38. The van der Waals surface area contributed by atoms with Gasteiger partial charge in [0.2, 0.25) is 0 Å². The molecule has 2 aromatic rings. The van der Waals surface area contributed by atoms with Gasteiger partial charge in [-0.05, 0) is 56.2 Å². The van der Waals surface area contributed by atoms with Crippen LogP contribution in [0.25, 0.3) is 0 Å². The van der Waals surface area contributed by atoms with E-state index < -0.39 is 24.3 Å². The van der Waals surface area contributed by atoms with Crippen molar-refractivity contribution < 1.29 is 23.5 Å². The first-order valence-electron chi connectivity index (χ1n) is 9.11. The van der Waals surface area contributed by atoms with Gasteiger partial charge in [-0.15, -0.1) is 0 Å². The summed E-state index contributed by atoms with van der Waals surface area (Å²) in [6, 6.07) is 10.3. The summed E-state index contributed by atoms with van der Waals surface area (Å²) < 4.78 is 18.2. The van der Waals surface area contributed by atoms with Gasteiger partial charge in [0.25, 0.3) is 5.91 Å². The third-order valence-corrected chi connectivity index (χ3v) is 3.87. The third-order valence-electron chi connectivity index (χ3n) is 3.87. The Bertz CT molecular complexity index is 882. The van der Waals surface area contributed by atoms with Gasteiger partial charge in [0.15, 0.2) is 6.61 Å². The number of esters is 1. The quantitative estimate of drug-likeness (QED) is 0.621. The lowest BCUT2D eigenvalue weighted by atomic mass is 10.1. The molecule has 3 N–H and O–H groups in total. The Kier molecular flexibility index (Phi) is 7.70. The molecule has 0 aromatic heterocycles. The van der Waals surface area contributed by atoms with Crippen LogP contribution in [0, 0.1) is 12.7 Å². The fourth-order valence-corrected chi connectivity index (χ4v) is 2.38. The van der Waals surface area contributed by atoms with Gasteiger partial charge in [-0.3, -0.25) is 4.79 Å². The average Bonchev–Trinajstić information content (AvgIpc) is 2.67. The number of nitrogens with one attached hydrogen (secondary N) is 3. The van der Waals surface area contributed by atoms with E-state index in [2.05, 4.69) is 16.0 Å². The molecule has 0 bridgehead atoms. The van der Waals surface area contributed by atoms with E-state index in [1.165, 1.54) is 12.1 Å². The van der Waals surface area contributed by atoms with Gasteiger partial charge in [-0.1, -0.05) is 18.2 Å². The SMILES string of the molecule is Cc1ccc(F)cc1NC(=O)COC(=O)c1ccc(CNC(=O)NC(C)C)cc1. The second-order valence-corrected chi connectivity index (χ2v) is 6.76. The van der Waals surface area contributed by atoms with E-state index in [1.54, 1.807) is 37.3 Å². The standard InChI is InChI=1S/C21H24FN3O4/c1-13(2)24-21(28)23-11-15-5-7-16(8-6-15)20(27)29-12-19(26)25-18-10-17(22)9-4-14(18)3/h4-10,13H,11-12H2,1-3H3,(H,25,26)(H2,23,24,28). The smallest absolute Gasteiger partial charge is 0.338 e. The van der Waals surface area contributed by atoms with E-state index in [-0.39, 0.29) is 17.6 Å². The number of hydrogen-bond donors (Lipinski definition) is 3. The van der Waals surface area contributed by atoms with Crippen molar-refractivity contribution in [1.82, 2.24) is 10.6 Å². The van der Waals surface area contributed by atoms with E-state index in [9.17, 15) is 18.8 Å². The molecule has 2 rings (SSSR count). The number of amides is 3. The largest absolute Gasteiger partial charge is 0.452 e. The van der Waals surface area contributed by atoms with Crippen molar-refractivity contribution in [2.45, 2.75) is 33.4 Å². The van der Waals surface area contributed by atoms with E-state index in [4.69, 9.17) is 4.74 Å². The first-order chi connectivity index (χ1) is 13.7. The molecule has 154 valence electrons. The predicted molar refractivity (Wildman–Crippen MR) is 107 cm³/mol. The molecule has 29 heavy (non-hydrogen) atoms. The number of hydrogen-bond acceptors (Lipinski definition) is 4. The van der Waals surface area contributed by atoms with Crippen molar-refractivity contribution in [2.24, 2.45) is 0 Å². The summed E-state index contributed by atoms with van der Waals surface area (Å²) in [6.45, 7) is 5.26. The highest BCUT2D eigenvalue weighted by Crippen LogP contribution is 2.15. The zero-order valence-electron chi connectivity index (χ0n) is 16.5.